The molecule has 2 saturated heterocycles. The van der Waals surface area contributed by atoms with E-state index in [0.29, 0.717) is 36.5 Å². The minimum Gasteiger partial charge on any atom is -0.338 e. The van der Waals surface area contributed by atoms with Crippen LogP contribution in [-0.4, -0.2) is 41.4 Å². The largest absolute Gasteiger partial charge is 0.338 e. The van der Waals surface area contributed by atoms with Crippen molar-refractivity contribution in [3.63, 3.8) is 0 Å². The maximum Gasteiger partial charge on any atom is 0.322 e. The van der Waals surface area contributed by atoms with Gasteiger partial charge in [-0.3, -0.25) is 14.9 Å². The number of carbonyl (C=O) groups excluding carboxylic acids is 3. The molecule has 6 nitrogen and oxygen atoms in total. The van der Waals surface area contributed by atoms with Gasteiger partial charge in [0, 0.05) is 23.7 Å². The summed E-state index contributed by atoms with van der Waals surface area (Å²) in [6, 6.07) is 6.31. The summed E-state index contributed by atoms with van der Waals surface area (Å²) in [5, 5.41) is 5.43. The maximum atomic E-state index is 12.4. The maximum absolute atomic E-state index is 12.4. The van der Waals surface area contributed by atoms with Gasteiger partial charge in [0.2, 0.25) is 0 Å². The third kappa shape index (κ3) is 2.47. The molecule has 110 valence electrons. The minimum atomic E-state index is -0.859. The van der Waals surface area contributed by atoms with E-state index in [0.717, 1.165) is 0 Å². The van der Waals surface area contributed by atoms with Gasteiger partial charge in [-0.25, -0.2) is 4.79 Å². The molecule has 3 rings (SSSR count). The fourth-order valence-corrected chi connectivity index (χ4v) is 2.97. The number of rotatable bonds is 1. The molecule has 0 aliphatic carbocycles. The number of piperidine rings is 1. The van der Waals surface area contributed by atoms with E-state index in [1.165, 1.54) is 0 Å². The lowest BCUT2D eigenvalue weighted by Gasteiger charge is -2.37. The molecule has 1 aromatic rings. The first-order valence-corrected chi connectivity index (χ1v) is 7.06. The van der Waals surface area contributed by atoms with E-state index in [1.807, 2.05) is 0 Å². The SMILES string of the molecule is O=C1NC(=O)C2(CCN(C(=O)c3cccc(Cl)c3)CC2)N1. The highest BCUT2D eigenvalue weighted by atomic mass is 35.5. The van der Waals surface area contributed by atoms with E-state index in [1.54, 1.807) is 29.2 Å². The molecule has 4 amide bonds. The summed E-state index contributed by atoms with van der Waals surface area (Å²) in [6.45, 7) is 0.831. The quantitative estimate of drug-likeness (QED) is 0.764. The Morgan fingerprint density at radius 2 is 1.95 bits per heavy atom. The van der Waals surface area contributed by atoms with E-state index in [4.69, 9.17) is 11.6 Å². The second-order valence-corrected chi connectivity index (χ2v) is 5.73. The second kappa shape index (κ2) is 5.04. The Balaban J connectivity index is 1.70. The number of halogens is 1. The molecular formula is C14H14ClN3O3. The van der Waals surface area contributed by atoms with Crippen LogP contribution >= 0.6 is 11.6 Å². The Hall–Kier alpha value is -2.08. The third-order valence-electron chi connectivity index (χ3n) is 3.99. The molecule has 1 aromatic carbocycles. The lowest BCUT2D eigenvalue weighted by atomic mass is 9.87. The molecule has 0 bridgehead atoms. The van der Waals surface area contributed by atoms with Gasteiger partial charge in [0.05, 0.1) is 0 Å². The zero-order chi connectivity index (χ0) is 15.0. The summed E-state index contributed by atoms with van der Waals surface area (Å²) < 4.78 is 0. The van der Waals surface area contributed by atoms with Crippen LogP contribution in [0.5, 0.6) is 0 Å². The molecule has 2 heterocycles. The molecule has 2 N–H and O–H groups in total. The lowest BCUT2D eigenvalue weighted by Crippen LogP contribution is -2.55. The van der Waals surface area contributed by atoms with Crippen molar-refractivity contribution in [2.45, 2.75) is 18.4 Å². The van der Waals surface area contributed by atoms with E-state index in [2.05, 4.69) is 10.6 Å². The van der Waals surface area contributed by atoms with Crippen LogP contribution in [0.2, 0.25) is 5.02 Å². The van der Waals surface area contributed by atoms with Crippen LogP contribution in [0.25, 0.3) is 0 Å². The first kappa shape index (κ1) is 13.9. The highest BCUT2D eigenvalue weighted by Crippen LogP contribution is 2.26. The van der Waals surface area contributed by atoms with Gasteiger partial charge in [-0.15, -0.1) is 0 Å². The number of hydrogen-bond donors (Lipinski definition) is 2. The highest BCUT2D eigenvalue weighted by Gasteiger charge is 2.48. The van der Waals surface area contributed by atoms with Gasteiger partial charge in [-0.2, -0.15) is 0 Å². The number of carbonyl (C=O) groups is 3. The van der Waals surface area contributed by atoms with Gasteiger partial charge in [0.1, 0.15) is 5.54 Å². The first-order valence-electron chi connectivity index (χ1n) is 6.69. The fourth-order valence-electron chi connectivity index (χ4n) is 2.78. The number of likely N-dealkylation sites (tertiary alicyclic amines) is 1. The van der Waals surface area contributed by atoms with E-state index in [-0.39, 0.29) is 11.8 Å². The summed E-state index contributed by atoms with van der Waals surface area (Å²) >= 11 is 5.89. The molecular weight excluding hydrogens is 294 g/mol. The van der Waals surface area contributed by atoms with Gasteiger partial charge in [0.15, 0.2) is 0 Å². The van der Waals surface area contributed by atoms with Crippen LogP contribution in [0.15, 0.2) is 24.3 Å². The van der Waals surface area contributed by atoms with Gasteiger partial charge in [-0.1, -0.05) is 17.7 Å². The molecule has 0 radical (unpaired) electrons. The zero-order valence-electron chi connectivity index (χ0n) is 11.2. The van der Waals surface area contributed by atoms with E-state index in [9.17, 15) is 14.4 Å². The molecule has 1 spiro atoms. The van der Waals surface area contributed by atoms with Gasteiger partial charge < -0.3 is 10.2 Å². The van der Waals surface area contributed by atoms with Gasteiger partial charge >= 0.3 is 6.03 Å². The van der Waals surface area contributed by atoms with Gasteiger partial charge in [0.25, 0.3) is 11.8 Å². The van der Waals surface area contributed by atoms with Crippen molar-refractivity contribution in [2.24, 2.45) is 0 Å². The molecule has 7 heteroatoms. The van der Waals surface area contributed by atoms with Crippen LogP contribution < -0.4 is 10.6 Å². The predicted molar refractivity (Wildman–Crippen MR) is 76.0 cm³/mol. The third-order valence-corrected chi connectivity index (χ3v) is 4.23. The lowest BCUT2D eigenvalue weighted by molar-refractivity contribution is -0.125. The van der Waals surface area contributed by atoms with Crippen molar-refractivity contribution in [3.8, 4) is 0 Å². The molecule has 0 atom stereocenters. The van der Waals surface area contributed by atoms with Crippen LogP contribution in [0.4, 0.5) is 4.79 Å². The molecule has 0 saturated carbocycles. The minimum absolute atomic E-state index is 0.114. The van der Waals surface area contributed by atoms with Crippen molar-refractivity contribution >= 4 is 29.4 Å². The molecule has 2 aliphatic heterocycles. The summed E-state index contributed by atoms with van der Waals surface area (Å²) in [5.41, 5.74) is -0.333. The summed E-state index contributed by atoms with van der Waals surface area (Å²) in [7, 11) is 0. The Morgan fingerprint density at radius 3 is 2.52 bits per heavy atom. The number of amides is 4. The summed E-state index contributed by atoms with van der Waals surface area (Å²) in [6.07, 6.45) is 0.827. The van der Waals surface area contributed by atoms with E-state index < -0.39 is 11.6 Å². The Labute approximate surface area is 126 Å². The number of nitrogens with one attached hydrogen (secondary N) is 2. The summed E-state index contributed by atoms with van der Waals surface area (Å²) in [4.78, 5) is 37.2. The van der Waals surface area contributed by atoms with E-state index >= 15 is 0 Å². The van der Waals surface area contributed by atoms with Crippen molar-refractivity contribution in [1.82, 2.24) is 15.5 Å². The molecule has 0 unspecified atom stereocenters. The highest BCUT2D eigenvalue weighted by molar-refractivity contribution is 6.30. The topological polar surface area (TPSA) is 78.5 Å². The normalized spacial score (nSPS) is 20.3. The Kier molecular flexibility index (Phi) is 3.33. The standard InChI is InChI=1S/C14H14ClN3O3/c15-10-3-1-2-9(8-10)11(19)18-6-4-14(5-7-18)12(20)16-13(21)17-14/h1-3,8H,4-7H2,(H2,16,17,20,21). The van der Waals surface area contributed by atoms with Gasteiger partial charge in [-0.05, 0) is 31.0 Å². The smallest absolute Gasteiger partial charge is 0.322 e. The second-order valence-electron chi connectivity index (χ2n) is 5.29. The first-order chi connectivity index (χ1) is 10.00. The van der Waals surface area contributed by atoms with Crippen molar-refractivity contribution in [1.29, 1.82) is 0 Å². The summed E-state index contributed by atoms with van der Waals surface area (Å²) in [5.74, 6) is -0.417. The molecule has 0 aromatic heterocycles. The van der Waals surface area contributed by atoms with Crippen molar-refractivity contribution in [2.75, 3.05) is 13.1 Å². The number of urea groups is 1. The van der Waals surface area contributed by atoms with Crippen molar-refractivity contribution < 1.29 is 14.4 Å². The van der Waals surface area contributed by atoms with Crippen LogP contribution in [0, 0.1) is 0 Å². The van der Waals surface area contributed by atoms with Crippen LogP contribution in [-0.2, 0) is 4.79 Å². The van der Waals surface area contributed by atoms with Crippen LogP contribution in [0.3, 0.4) is 0 Å². The predicted octanol–water partition coefficient (Wildman–Crippen LogP) is 1.15. The molecule has 2 aliphatic rings. The number of imide groups is 1. The average molecular weight is 308 g/mol. The number of hydrogen-bond acceptors (Lipinski definition) is 3. The average Bonchev–Trinajstić information content (AvgIpc) is 2.73. The number of nitrogens with zero attached hydrogens (tertiary/aromatic N) is 1. The fraction of sp³-hybridized carbons (Fsp3) is 0.357. The van der Waals surface area contributed by atoms with Crippen LogP contribution in [0.1, 0.15) is 23.2 Å². The zero-order valence-corrected chi connectivity index (χ0v) is 11.9. The molecule has 2 fully saturated rings. The molecule has 21 heavy (non-hydrogen) atoms. The number of benzene rings is 1. The Morgan fingerprint density at radius 1 is 1.24 bits per heavy atom. The van der Waals surface area contributed by atoms with Crippen molar-refractivity contribution in [3.05, 3.63) is 34.9 Å². The monoisotopic (exact) mass is 307 g/mol. The Bertz CT molecular complexity index is 624.